The topological polar surface area (TPSA) is 110 Å². The van der Waals surface area contributed by atoms with Crippen molar-refractivity contribution in [3.05, 3.63) is 64.7 Å². The number of anilines is 1. The first kappa shape index (κ1) is 23.4. The van der Waals surface area contributed by atoms with E-state index in [0.717, 1.165) is 32.1 Å². The van der Waals surface area contributed by atoms with Gasteiger partial charge < -0.3 is 10.1 Å². The molecule has 2 aliphatic rings. The van der Waals surface area contributed by atoms with Crippen LogP contribution in [0.1, 0.15) is 87.4 Å². The van der Waals surface area contributed by atoms with E-state index >= 15 is 0 Å². The lowest BCUT2D eigenvalue weighted by Gasteiger charge is -2.29. The van der Waals surface area contributed by atoms with Gasteiger partial charge in [-0.2, -0.15) is 0 Å². The number of benzene rings is 2. The van der Waals surface area contributed by atoms with Gasteiger partial charge >= 0.3 is 5.97 Å². The van der Waals surface area contributed by atoms with Gasteiger partial charge in [0.2, 0.25) is 0 Å². The molecule has 0 spiro atoms. The minimum absolute atomic E-state index is 0.0865. The normalized spacial score (nSPS) is 16.7. The van der Waals surface area contributed by atoms with Crippen LogP contribution in [0.5, 0.6) is 0 Å². The van der Waals surface area contributed by atoms with Gasteiger partial charge in [-0.3, -0.25) is 24.1 Å². The van der Waals surface area contributed by atoms with Crippen LogP contribution in [0.3, 0.4) is 0 Å². The summed E-state index contributed by atoms with van der Waals surface area (Å²) < 4.78 is 5.28. The Kier molecular flexibility index (Phi) is 6.58. The average molecular weight is 463 g/mol. The Morgan fingerprint density at radius 3 is 2.18 bits per heavy atom. The number of hydrogen-bond donors (Lipinski definition) is 1. The Morgan fingerprint density at radius 2 is 1.53 bits per heavy atom. The Morgan fingerprint density at radius 1 is 0.912 bits per heavy atom. The van der Waals surface area contributed by atoms with Crippen LogP contribution in [0.15, 0.2) is 42.5 Å². The predicted molar refractivity (Wildman–Crippen MR) is 124 cm³/mol. The van der Waals surface area contributed by atoms with Crippen LogP contribution in [0.4, 0.5) is 5.69 Å². The molecule has 1 fully saturated rings. The number of nitrogens with one attached hydrogen (secondary N) is 1. The van der Waals surface area contributed by atoms with Gasteiger partial charge in [0, 0.05) is 17.3 Å². The molecule has 0 aromatic heterocycles. The summed E-state index contributed by atoms with van der Waals surface area (Å²) in [6, 6.07) is 10.5. The van der Waals surface area contributed by atoms with E-state index in [-0.39, 0.29) is 40.3 Å². The molecular formula is C26H26N2O6. The molecule has 0 saturated heterocycles. The fourth-order valence-electron chi connectivity index (χ4n) is 4.37. The van der Waals surface area contributed by atoms with Crippen LogP contribution in [-0.2, 0) is 9.53 Å². The lowest BCUT2D eigenvalue weighted by atomic mass is 9.94. The van der Waals surface area contributed by atoms with Gasteiger partial charge in [-0.25, -0.2) is 4.79 Å². The molecule has 0 bridgehead atoms. The summed E-state index contributed by atoms with van der Waals surface area (Å²) in [6.07, 6.45) is 3.55. The average Bonchev–Trinajstić information content (AvgIpc) is 3.09. The van der Waals surface area contributed by atoms with E-state index in [1.807, 2.05) is 0 Å². The quantitative estimate of drug-likeness (QED) is 0.395. The monoisotopic (exact) mass is 462 g/mol. The Hall–Kier alpha value is -3.81. The van der Waals surface area contributed by atoms with E-state index in [1.165, 1.54) is 36.9 Å². The van der Waals surface area contributed by atoms with Gasteiger partial charge in [0.15, 0.2) is 11.9 Å². The summed E-state index contributed by atoms with van der Waals surface area (Å²) >= 11 is 0. The number of esters is 1. The SMILES string of the molecule is CC(=O)c1ccc(NC(=O)[C@@H](C)OC(=O)c2ccc3c(c2)C(=O)N(C2CCCCC2)C3=O)cc1. The van der Waals surface area contributed by atoms with Gasteiger partial charge in [0.1, 0.15) is 0 Å². The number of ether oxygens (including phenoxy) is 1. The molecule has 0 unspecified atom stereocenters. The largest absolute Gasteiger partial charge is 0.449 e. The third kappa shape index (κ3) is 4.62. The maximum absolute atomic E-state index is 12.9. The minimum Gasteiger partial charge on any atom is -0.449 e. The second-order valence-electron chi connectivity index (χ2n) is 8.70. The highest BCUT2D eigenvalue weighted by Gasteiger charge is 2.40. The highest BCUT2D eigenvalue weighted by Crippen LogP contribution is 2.31. The molecule has 1 N–H and O–H groups in total. The summed E-state index contributed by atoms with van der Waals surface area (Å²) in [5, 5.41) is 2.63. The molecule has 34 heavy (non-hydrogen) atoms. The van der Waals surface area contributed by atoms with Crippen molar-refractivity contribution in [2.24, 2.45) is 0 Å². The van der Waals surface area contributed by atoms with Crippen molar-refractivity contribution in [1.29, 1.82) is 0 Å². The van der Waals surface area contributed by atoms with Crippen molar-refractivity contribution in [3.8, 4) is 0 Å². The van der Waals surface area contributed by atoms with Gasteiger partial charge in [0.25, 0.3) is 17.7 Å². The van der Waals surface area contributed by atoms with Gasteiger partial charge in [-0.1, -0.05) is 19.3 Å². The number of rotatable bonds is 6. The zero-order valence-corrected chi connectivity index (χ0v) is 19.1. The van der Waals surface area contributed by atoms with Crippen LogP contribution in [-0.4, -0.2) is 46.5 Å². The van der Waals surface area contributed by atoms with Crippen LogP contribution in [0.25, 0.3) is 0 Å². The summed E-state index contributed by atoms with van der Waals surface area (Å²) in [7, 11) is 0. The van der Waals surface area contributed by atoms with E-state index in [9.17, 15) is 24.0 Å². The van der Waals surface area contributed by atoms with Crippen LogP contribution in [0, 0.1) is 0 Å². The predicted octanol–water partition coefficient (Wildman–Crippen LogP) is 4.00. The standard InChI is InChI=1S/C26H26N2O6/c1-15(29)17-8-11-19(12-9-17)27-23(30)16(2)34-26(33)18-10-13-21-22(14-18)25(32)28(24(21)31)20-6-4-3-5-7-20/h8-14,16,20H,3-7H2,1-2H3,(H,27,30)/t16-/m1/s1. The first-order valence-electron chi connectivity index (χ1n) is 11.4. The van der Waals surface area contributed by atoms with Gasteiger partial charge in [-0.05, 0) is 69.2 Å². The molecular weight excluding hydrogens is 436 g/mol. The first-order valence-corrected chi connectivity index (χ1v) is 11.4. The molecule has 176 valence electrons. The minimum atomic E-state index is -1.11. The number of carbonyl (C=O) groups excluding carboxylic acids is 5. The molecule has 1 aliphatic heterocycles. The first-order chi connectivity index (χ1) is 16.3. The Bertz CT molecular complexity index is 1160. The third-order valence-corrected chi connectivity index (χ3v) is 6.31. The number of nitrogens with zero attached hydrogens (tertiary/aromatic N) is 1. The molecule has 0 radical (unpaired) electrons. The maximum atomic E-state index is 12.9. The molecule has 1 saturated carbocycles. The summed E-state index contributed by atoms with van der Waals surface area (Å²) in [5.74, 6) is -2.11. The van der Waals surface area contributed by atoms with Crippen molar-refractivity contribution in [2.45, 2.75) is 58.1 Å². The highest BCUT2D eigenvalue weighted by atomic mass is 16.5. The highest BCUT2D eigenvalue weighted by molar-refractivity contribution is 6.22. The Labute approximate surface area is 197 Å². The Balaban J connectivity index is 1.41. The second kappa shape index (κ2) is 9.59. The van der Waals surface area contributed by atoms with Gasteiger partial charge in [-0.15, -0.1) is 0 Å². The maximum Gasteiger partial charge on any atom is 0.338 e. The number of carbonyl (C=O) groups is 5. The molecule has 2 aromatic rings. The molecule has 3 amide bonds. The second-order valence-corrected chi connectivity index (χ2v) is 8.70. The number of amides is 3. The molecule has 1 heterocycles. The molecule has 2 aromatic carbocycles. The van der Waals surface area contributed by atoms with Crippen molar-refractivity contribution in [2.75, 3.05) is 5.32 Å². The fourth-order valence-corrected chi connectivity index (χ4v) is 4.37. The van der Waals surface area contributed by atoms with Gasteiger partial charge in [0.05, 0.1) is 16.7 Å². The number of fused-ring (bicyclic) bond motifs is 1. The van der Waals surface area contributed by atoms with Crippen molar-refractivity contribution in [3.63, 3.8) is 0 Å². The molecule has 8 heteroatoms. The van der Waals surface area contributed by atoms with Crippen LogP contribution < -0.4 is 5.32 Å². The van der Waals surface area contributed by atoms with Crippen LogP contribution >= 0.6 is 0 Å². The number of hydrogen-bond acceptors (Lipinski definition) is 6. The van der Waals surface area contributed by atoms with E-state index < -0.39 is 18.0 Å². The summed E-state index contributed by atoms with van der Waals surface area (Å²) in [6.45, 7) is 2.88. The molecule has 8 nitrogen and oxygen atoms in total. The lowest BCUT2D eigenvalue weighted by molar-refractivity contribution is -0.123. The molecule has 1 aliphatic carbocycles. The zero-order chi connectivity index (χ0) is 24.4. The van der Waals surface area contributed by atoms with Crippen LogP contribution in [0.2, 0.25) is 0 Å². The zero-order valence-electron chi connectivity index (χ0n) is 19.1. The van der Waals surface area contributed by atoms with Crippen molar-refractivity contribution in [1.82, 2.24) is 4.90 Å². The summed E-state index contributed by atoms with van der Waals surface area (Å²) in [5.41, 5.74) is 1.54. The van der Waals surface area contributed by atoms with E-state index in [1.54, 1.807) is 24.3 Å². The van der Waals surface area contributed by atoms with Crippen molar-refractivity contribution < 1.29 is 28.7 Å². The van der Waals surface area contributed by atoms with E-state index in [0.29, 0.717) is 11.3 Å². The number of ketones is 1. The fraction of sp³-hybridized carbons (Fsp3) is 0.346. The van der Waals surface area contributed by atoms with E-state index in [4.69, 9.17) is 4.74 Å². The molecule has 1 atom stereocenters. The summed E-state index contributed by atoms with van der Waals surface area (Å²) in [4.78, 5) is 63.5. The van der Waals surface area contributed by atoms with Crippen molar-refractivity contribution >= 4 is 35.2 Å². The van der Waals surface area contributed by atoms with E-state index in [2.05, 4.69) is 5.32 Å². The third-order valence-electron chi connectivity index (χ3n) is 6.31. The lowest BCUT2D eigenvalue weighted by Crippen LogP contribution is -2.40. The molecule has 4 rings (SSSR count). The number of imide groups is 1. The number of Topliss-reactive ketones (excluding diaryl/α,β-unsaturated/α-hetero) is 1. The smallest absolute Gasteiger partial charge is 0.338 e.